The van der Waals surface area contributed by atoms with Crippen LogP contribution in [0.25, 0.3) is 0 Å². The van der Waals surface area contributed by atoms with Gasteiger partial charge in [0.25, 0.3) is 0 Å². The van der Waals surface area contributed by atoms with Crippen LogP contribution in [0.15, 0.2) is 11.6 Å². The van der Waals surface area contributed by atoms with Crippen LogP contribution in [0.2, 0.25) is 17.7 Å². The van der Waals surface area contributed by atoms with Crippen molar-refractivity contribution in [3.8, 4) is 0 Å². The van der Waals surface area contributed by atoms with Crippen molar-refractivity contribution < 1.29 is 4.79 Å². The molecule has 0 aliphatic rings. The molecule has 148 valence electrons. The molecule has 0 bridgehead atoms. The van der Waals surface area contributed by atoms with Gasteiger partial charge in [-0.05, 0) is 0 Å². The van der Waals surface area contributed by atoms with E-state index in [1.54, 1.807) is 18.9 Å². The minimum absolute atomic E-state index is 0.707. The number of hydrogen-bond acceptors (Lipinski definition) is 1. The number of aldehydes is 1. The molecule has 1 nitrogen and oxygen atoms in total. The zero-order valence-electron chi connectivity index (χ0n) is 17.9. The molecule has 0 aromatic carbocycles. The van der Waals surface area contributed by atoms with Crippen molar-refractivity contribution in [2.45, 2.75) is 122 Å². The first kappa shape index (κ1) is 25.2. The molecular weight excluding hydrogens is 411 g/mol. The summed E-state index contributed by atoms with van der Waals surface area (Å²) in [6, 6.07) is 0. The minimum atomic E-state index is -2.08. The van der Waals surface area contributed by atoms with Crippen LogP contribution in [0.4, 0.5) is 0 Å². The Kier molecular flexibility index (Phi) is 17.8. The first-order valence-electron chi connectivity index (χ1n) is 11.3. The molecular formula is C23H46OSn. The summed E-state index contributed by atoms with van der Waals surface area (Å²) in [5, 5.41) is 0. The van der Waals surface area contributed by atoms with Crippen LogP contribution in [-0.4, -0.2) is 24.7 Å². The van der Waals surface area contributed by atoms with Gasteiger partial charge < -0.3 is 0 Å². The van der Waals surface area contributed by atoms with Crippen LogP contribution in [0.3, 0.4) is 0 Å². The molecule has 0 aliphatic heterocycles. The van der Waals surface area contributed by atoms with E-state index in [2.05, 4.69) is 33.8 Å². The third-order valence-electron chi connectivity index (χ3n) is 5.60. The van der Waals surface area contributed by atoms with E-state index in [9.17, 15) is 4.79 Å². The molecule has 0 saturated carbocycles. The van der Waals surface area contributed by atoms with Gasteiger partial charge in [0.05, 0.1) is 0 Å². The second kappa shape index (κ2) is 17.6. The fourth-order valence-electron chi connectivity index (χ4n) is 4.00. The van der Waals surface area contributed by atoms with Gasteiger partial charge in [0.1, 0.15) is 0 Å². The fourth-order valence-corrected chi connectivity index (χ4v) is 20.8. The molecule has 0 N–H and O–H groups in total. The summed E-state index contributed by atoms with van der Waals surface area (Å²) < 4.78 is 6.30. The van der Waals surface area contributed by atoms with Gasteiger partial charge >= 0.3 is 164 Å². The molecule has 0 fully saturated rings. The summed E-state index contributed by atoms with van der Waals surface area (Å²) in [4.78, 5) is 10.7. The molecule has 0 radical (unpaired) electrons. The van der Waals surface area contributed by atoms with Crippen molar-refractivity contribution in [3.05, 3.63) is 11.6 Å². The number of hydrogen-bond donors (Lipinski definition) is 0. The van der Waals surface area contributed by atoms with Crippen LogP contribution >= 0.6 is 0 Å². The predicted octanol–water partition coefficient (Wildman–Crippen LogP) is 8.32. The van der Waals surface area contributed by atoms with Gasteiger partial charge in [-0.25, -0.2) is 0 Å². The Hall–Kier alpha value is 0.209. The zero-order valence-corrected chi connectivity index (χ0v) is 20.7. The Morgan fingerprint density at radius 3 is 1.68 bits per heavy atom. The Morgan fingerprint density at radius 1 is 0.720 bits per heavy atom. The second-order valence-electron chi connectivity index (χ2n) is 8.05. The van der Waals surface area contributed by atoms with Crippen LogP contribution < -0.4 is 0 Å². The van der Waals surface area contributed by atoms with Crippen molar-refractivity contribution in [2.75, 3.05) is 0 Å². The summed E-state index contributed by atoms with van der Waals surface area (Å²) in [5.74, 6) is 0. The first-order chi connectivity index (χ1) is 12.2. The van der Waals surface area contributed by atoms with Gasteiger partial charge in [-0.2, -0.15) is 0 Å². The van der Waals surface area contributed by atoms with Crippen molar-refractivity contribution >= 4 is 24.7 Å². The average molecular weight is 457 g/mol. The Balaban J connectivity index is 5.18. The molecule has 0 aromatic rings. The topological polar surface area (TPSA) is 17.1 Å². The van der Waals surface area contributed by atoms with E-state index in [1.807, 2.05) is 0 Å². The molecule has 0 aliphatic carbocycles. The van der Waals surface area contributed by atoms with E-state index in [1.165, 1.54) is 68.6 Å². The van der Waals surface area contributed by atoms with Crippen molar-refractivity contribution in [2.24, 2.45) is 0 Å². The molecule has 2 heteroatoms. The van der Waals surface area contributed by atoms with Crippen molar-refractivity contribution in [1.29, 1.82) is 0 Å². The van der Waals surface area contributed by atoms with Crippen LogP contribution in [0, 0.1) is 0 Å². The molecule has 25 heavy (non-hydrogen) atoms. The van der Waals surface area contributed by atoms with Gasteiger partial charge in [0, 0.05) is 0 Å². The number of carbonyl (C=O) groups is 1. The molecule has 0 rings (SSSR count). The Bertz CT molecular complexity index is 313. The van der Waals surface area contributed by atoms with E-state index >= 15 is 0 Å². The molecule has 0 amide bonds. The zero-order chi connectivity index (χ0) is 18.8. The summed E-state index contributed by atoms with van der Waals surface area (Å²) in [6.07, 6.45) is 19.0. The SMILES string of the molecule is CCCCC/C(=C\CCC=O)[CH2][Sn]([CH2]CCC)([CH2]CCC)[CH2]CCC. The summed E-state index contributed by atoms with van der Waals surface area (Å²) in [6.45, 7) is 9.37. The number of rotatable bonds is 18. The monoisotopic (exact) mass is 458 g/mol. The van der Waals surface area contributed by atoms with Gasteiger partial charge in [-0.1, -0.05) is 0 Å². The summed E-state index contributed by atoms with van der Waals surface area (Å²) >= 11 is -2.08. The third kappa shape index (κ3) is 13.1. The van der Waals surface area contributed by atoms with Crippen LogP contribution in [0.5, 0.6) is 0 Å². The molecule has 0 unspecified atom stereocenters. The quantitative estimate of drug-likeness (QED) is 0.0875. The number of allylic oxidation sites excluding steroid dienone is 2. The molecule has 0 spiro atoms. The Labute approximate surface area is 163 Å². The number of unbranched alkanes of at least 4 members (excludes halogenated alkanes) is 6. The van der Waals surface area contributed by atoms with Gasteiger partial charge in [0.2, 0.25) is 0 Å². The standard InChI is InChI=1S/C11H19O.3C4H9.Sn/c1-3-4-5-8-11(2)9-6-7-10-12;3*1-3-4-2;/h9-10H,2-8H2,1H3;3*1,3-4H2,2H3;/b11-9-;;;;. The first-order valence-corrected chi connectivity index (χ1v) is 19.4. The average Bonchev–Trinajstić information content (AvgIpc) is 2.63. The van der Waals surface area contributed by atoms with Gasteiger partial charge in [-0.15, -0.1) is 0 Å². The van der Waals surface area contributed by atoms with Crippen molar-refractivity contribution in [1.82, 2.24) is 0 Å². The van der Waals surface area contributed by atoms with E-state index < -0.39 is 18.4 Å². The maximum absolute atomic E-state index is 10.7. The van der Waals surface area contributed by atoms with Crippen LogP contribution in [0.1, 0.15) is 105 Å². The Morgan fingerprint density at radius 2 is 1.24 bits per heavy atom. The third-order valence-corrected chi connectivity index (χ3v) is 21.1. The number of carbonyl (C=O) groups excluding carboxylic acids is 1. The normalized spacial score (nSPS) is 12.6. The fraction of sp³-hybridized carbons (Fsp3) is 0.870. The molecule has 0 aromatic heterocycles. The maximum atomic E-state index is 10.7. The van der Waals surface area contributed by atoms with E-state index in [4.69, 9.17) is 0 Å². The molecule has 0 atom stereocenters. The van der Waals surface area contributed by atoms with Gasteiger partial charge in [-0.3, -0.25) is 0 Å². The van der Waals surface area contributed by atoms with E-state index in [0.717, 1.165) is 12.7 Å². The summed E-state index contributed by atoms with van der Waals surface area (Å²) in [5.41, 5.74) is 1.74. The molecule has 0 saturated heterocycles. The van der Waals surface area contributed by atoms with Gasteiger partial charge in [0.15, 0.2) is 0 Å². The predicted molar refractivity (Wildman–Crippen MR) is 117 cm³/mol. The van der Waals surface area contributed by atoms with E-state index in [0.29, 0.717) is 6.42 Å². The summed E-state index contributed by atoms with van der Waals surface area (Å²) in [7, 11) is 0. The van der Waals surface area contributed by atoms with Crippen LogP contribution in [-0.2, 0) is 4.79 Å². The second-order valence-corrected chi connectivity index (χ2v) is 21.9. The van der Waals surface area contributed by atoms with Crippen molar-refractivity contribution in [3.63, 3.8) is 0 Å². The van der Waals surface area contributed by atoms with E-state index in [-0.39, 0.29) is 0 Å². The molecule has 0 heterocycles.